The molecule has 1 aromatic carbocycles. The van der Waals surface area contributed by atoms with Gasteiger partial charge in [0.05, 0.1) is 0 Å². The molecule has 0 aliphatic heterocycles. The molecular weight excluding hydrogens is 272 g/mol. The van der Waals surface area contributed by atoms with Gasteiger partial charge in [-0.25, -0.2) is 4.39 Å². The molecule has 114 valence electrons. The van der Waals surface area contributed by atoms with Crippen LogP contribution in [0.1, 0.15) is 25.8 Å². The van der Waals surface area contributed by atoms with Gasteiger partial charge in [-0.3, -0.25) is 0 Å². The Morgan fingerprint density at radius 3 is 2.40 bits per heavy atom. The molecule has 0 saturated carbocycles. The zero-order valence-corrected chi connectivity index (χ0v) is 11.7. The van der Waals surface area contributed by atoms with Gasteiger partial charge in [-0.1, -0.05) is 13.0 Å². The van der Waals surface area contributed by atoms with E-state index in [1.165, 1.54) is 18.2 Å². The molecule has 0 aromatic heterocycles. The topological polar surface area (TPSA) is 29.3 Å². The maximum atomic E-state index is 13.9. The van der Waals surface area contributed by atoms with Crippen molar-refractivity contribution in [2.24, 2.45) is 5.73 Å². The predicted octanol–water partition coefficient (Wildman–Crippen LogP) is 3.49. The first kappa shape index (κ1) is 16.8. The normalized spacial score (nSPS) is 13.3. The molecule has 1 rings (SSSR count). The molecule has 2 nitrogen and oxygen atoms in total. The summed E-state index contributed by atoms with van der Waals surface area (Å²) in [4.78, 5) is 1.13. The Labute approximate surface area is 116 Å². The lowest BCUT2D eigenvalue weighted by Crippen LogP contribution is -2.35. The monoisotopic (exact) mass is 292 g/mol. The number of rotatable bonds is 6. The highest BCUT2D eigenvalue weighted by Crippen LogP contribution is 2.28. The molecular formula is C14H20F4N2. The van der Waals surface area contributed by atoms with Gasteiger partial charge < -0.3 is 10.6 Å². The summed E-state index contributed by atoms with van der Waals surface area (Å²) >= 11 is 0. The molecule has 1 aromatic rings. The molecule has 0 spiro atoms. The molecule has 1 atom stereocenters. The van der Waals surface area contributed by atoms with Crippen LogP contribution in [0.3, 0.4) is 0 Å². The summed E-state index contributed by atoms with van der Waals surface area (Å²) < 4.78 is 51.7. The molecule has 6 heteroatoms. The third-order valence-electron chi connectivity index (χ3n) is 3.18. The van der Waals surface area contributed by atoms with Gasteiger partial charge in [0.15, 0.2) is 0 Å². The largest absolute Gasteiger partial charge is 0.405 e. The Morgan fingerprint density at radius 2 is 1.90 bits per heavy atom. The van der Waals surface area contributed by atoms with Gasteiger partial charge in [-0.15, -0.1) is 0 Å². The summed E-state index contributed by atoms with van der Waals surface area (Å²) in [6.07, 6.45) is -3.46. The summed E-state index contributed by atoms with van der Waals surface area (Å²) in [7, 11) is 0. The summed E-state index contributed by atoms with van der Waals surface area (Å²) in [5.41, 5.74) is 6.33. The van der Waals surface area contributed by atoms with Gasteiger partial charge >= 0.3 is 6.18 Å². The zero-order chi connectivity index (χ0) is 15.3. The first-order valence-corrected chi connectivity index (χ1v) is 6.63. The van der Waals surface area contributed by atoms with Crippen LogP contribution in [0.4, 0.5) is 23.2 Å². The van der Waals surface area contributed by atoms with E-state index in [1.807, 2.05) is 6.92 Å². The number of hydrogen-bond donors (Lipinski definition) is 1. The van der Waals surface area contributed by atoms with Crippen molar-refractivity contribution in [1.29, 1.82) is 0 Å². The lowest BCUT2D eigenvalue weighted by atomic mass is 10.0. The number of nitrogens with zero attached hydrogens (tertiary/aromatic N) is 1. The van der Waals surface area contributed by atoms with Crippen LogP contribution in [0, 0.1) is 5.82 Å². The summed E-state index contributed by atoms with van der Waals surface area (Å²) in [6, 6.07) is 3.92. The molecule has 2 N–H and O–H groups in total. The quantitative estimate of drug-likeness (QED) is 0.813. The predicted molar refractivity (Wildman–Crippen MR) is 72.3 cm³/mol. The number of benzene rings is 1. The molecule has 0 aliphatic carbocycles. The highest BCUT2D eigenvalue weighted by atomic mass is 19.4. The average molecular weight is 292 g/mol. The zero-order valence-electron chi connectivity index (χ0n) is 11.7. The number of halogens is 4. The number of alkyl halides is 3. The fourth-order valence-electron chi connectivity index (χ4n) is 2.04. The Balaban J connectivity index is 3.11. The van der Waals surface area contributed by atoms with E-state index in [0.717, 1.165) is 4.90 Å². The SMILES string of the molecule is CCC(N)Cc1c(F)cccc1N(CC)CC(F)(F)F. The minimum Gasteiger partial charge on any atom is -0.363 e. The molecule has 20 heavy (non-hydrogen) atoms. The first-order chi connectivity index (χ1) is 9.28. The van der Waals surface area contributed by atoms with Crippen LogP contribution >= 0.6 is 0 Å². The van der Waals surface area contributed by atoms with Crippen LogP contribution in [0.5, 0.6) is 0 Å². The second kappa shape index (κ2) is 6.92. The Kier molecular flexibility index (Phi) is 5.80. The van der Waals surface area contributed by atoms with E-state index in [9.17, 15) is 17.6 Å². The fraction of sp³-hybridized carbons (Fsp3) is 0.571. The number of anilines is 1. The summed E-state index contributed by atoms with van der Waals surface area (Å²) in [6.45, 7) is 2.53. The molecule has 0 amide bonds. The van der Waals surface area contributed by atoms with Crippen molar-refractivity contribution in [3.05, 3.63) is 29.6 Å². The van der Waals surface area contributed by atoms with Gasteiger partial charge in [-0.2, -0.15) is 13.2 Å². The molecule has 1 unspecified atom stereocenters. The van der Waals surface area contributed by atoms with Gasteiger partial charge in [0.25, 0.3) is 0 Å². The van der Waals surface area contributed by atoms with Gasteiger partial charge in [0.2, 0.25) is 0 Å². The highest BCUT2D eigenvalue weighted by Gasteiger charge is 2.31. The molecule has 0 fully saturated rings. The lowest BCUT2D eigenvalue weighted by Gasteiger charge is -2.27. The molecule has 0 radical (unpaired) electrons. The fourth-order valence-corrected chi connectivity index (χ4v) is 2.04. The van der Waals surface area contributed by atoms with Crippen LogP contribution in [0.15, 0.2) is 18.2 Å². The van der Waals surface area contributed by atoms with Crippen LogP contribution in [-0.2, 0) is 6.42 Å². The van der Waals surface area contributed by atoms with E-state index in [-0.39, 0.29) is 30.3 Å². The third kappa shape index (κ3) is 4.67. The van der Waals surface area contributed by atoms with Gasteiger partial charge in [0, 0.05) is 23.8 Å². The van der Waals surface area contributed by atoms with Gasteiger partial charge in [0.1, 0.15) is 12.4 Å². The Hall–Kier alpha value is -1.30. The van der Waals surface area contributed by atoms with Crippen molar-refractivity contribution in [3.8, 4) is 0 Å². The Morgan fingerprint density at radius 1 is 1.25 bits per heavy atom. The van der Waals surface area contributed by atoms with Crippen LogP contribution in [0.25, 0.3) is 0 Å². The average Bonchev–Trinajstić information content (AvgIpc) is 2.37. The van der Waals surface area contributed by atoms with Crippen molar-refractivity contribution in [1.82, 2.24) is 0 Å². The lowest BCUT2D eigenvalue weighted by molar-refractivity contribution is -0.119. The standard InChI is InChI=1S/C14H20F4N2/c1-3-10(19)8-11-12(15)6-5-7-13(11)20(4-2)9-14(16,17)18/h5-7,10H,3-4,8-9,19H2,1-2H3. The maximum Gasteiger partial charge on any atom is 0.405 e. The third-order valence-corrected chi connectivity index (χ3v) is 3.18. The van der Waals surface area contributed by atoms with E-state index in [4.69, 9.17) is 5.73 Å². The van der Waals surface area contributed by atoms with Crippen molar-refractivity contribution in [2.45, 2.75) is 38.9 Å². The van der Waals surface area contributed by atoms with E-state index < -0.39 is 18.5 Å². The number of hydrogen-bond acceptors (Lipinski definition) is 2. The van der Waals surface area contributed by atoms with Crippen LogP contribution in [0.2, 0.25) is 0 Å². The van der Waals surface area contributed by atoms with Crippen molar-refractivity contribution in [2.75, 3.05) is 18.0 Å². The second-order valence-electron chi connectivity index (χ2n) is 4.74. The minimum atomic E-state index is -4.33. The van der Waals surface area contributed by atoms with E-state index in [1.54, 1.807) is 6.92 Å². The maximum absolute atomic E-state index is 13.9. The van der Waals surface area contributed by atoms with Gasteiger partial charge in [-0.05, 0) is 31.9 Å². The second-order valence-corrected chi connectivity index (χ2v) is 4.74. The van der Waals surface area contributed by atoms with Crippen LogP contribution in [-0.4, -0.2) is 25.3 Å². The molecule has 0 bridgehead atoms. The summed E-state index contributed by atoms with van der Waals surface area (Å²) in [5.74, 6) is -0.507. The van der Waals surface area contributed by atoms with E-state index in [2.05, 4.69) is 0 Å². The molecule has 0 saturated heterocycles. The molecule has 0 aliphatic rings. The Bertz CT molecular complexity index is 432. The highest BCUT2D eigenvalue weighted by molar-refractivity contribution is 5.54. The van der Waals surface area contributed by atoms with Crippen molar-refractivity contribution < 1.29 is 17.6 Å². The molecule has 0 heterocycles. The number of nitrogens with two attached hydrogens (primary N) is 1. The van der Waals surface area contributed by atoms with Crippen molar-refractivity contribution >= 4 is 5.69 Å². The minimum absolute atomic E-state index is 0.150. The summed E-state index contributed by atoms with van der Waals surface area (Å²) in [5, 5.41) is 0. The van der Waals surface area contributed by atoms with E-state index >= 15 is 0 Å². The first-order valence-electron chi connectivity index (χ1n) is 6.63. The van der Waals surface area contributed by atoms with E-state index in [0.29, 0.717) is 6.42 Å². The van der Waals surface area contributed by atoms with Crippen molar-refractivity contribution in [3.63, 3.8) is 0 Å². The smallest absolute Gasteiger partial charge is 0.363 e. The van der Waals surface area contributed by atoms with Crippen LogP contribution < -0.4 is 10.6 Å².